The van der Waals surface area contributed by atoms with Crippen molar-refractivity contribution in [2.24, 2.45) is 5.92 Å². The van der Waals surface area contributed by atoms with Crippen LogP contribution in [0.25, 0.3) is 0 Å². The third-order valence-corrected chi connectivity index (χ3v) is 5.80. The van der Waals surface area contributed by atoms with Crippen molar-refractivity contribution in [2.75, 3.05) is 6.54 Å². The number of aliphatic hydroxyl groups excluding tert-OH is 1. The predicted octanol–water partition coefficient (Wildman–Crippen LogP) is 2.26. The Morgan fingerprint density at radius 2 is 2.00 bits per heavy atom. The van der Waals surface area contributed by atoms with Gasteiger partial charge in [-0.1, -0.05) is 26.7 Å². The number of hydrogen-bond acceptors (Lipinski definition) is 4. The van der Waals surface area contributed by atoms with Gasteiger partial charge in [0.25, 0.3) is 0 Å². The minimum atomic E-state index is -3.45. The van der Waals surface area contributed by atoms with Gasteiger partial charge >= 0.3 is 0 Å². The van der Waals surface area contributed by atoms with Gasteiger partial charge < -0.3 is 5.11 Å². The Hall–Kier alpha value is -0.430. The molecule has 0 amide bonds. The lowest BCUT2D eigenvalue weighted by atomic mass is 10.0. The summed E-state index contributed by atoms with van der Waals surface area (Å²) in [5.74, 6) is 0.371. The second kappa shape index (κ2) is 6.65. The first-order valence-electron chi connectivity index (χ1n) is 6.14. The number of aryl methyl sites for hydroxylation is 1. The fraction of sp³-hybridized carbons (Fsp3) is 0.667. The van der Waals surface area contributed by atoms with Crippen molar-refractivity contribution in [3.05, 3.63) is 15.8 Å². The Morgan fingerprint density at radius 1 is 1.39 bits per heavy atom. The van der Waals surface area contributed by atoms with Crippen LogP contribution in [-0.4, -0.2) is 20.1 Å². The van der Waals surface area contributed by atoms with E-state index >= 15 is 0 Å². The predicted molar refractivity (Wildman–Crippen MR) is 74.2 cm³/mol. The van der Waals surface area contributed by atoms with Crippen LogP contribution in [0.4, 0.5) is 0 Å². The molecule has 0 spiro atoms. The summed E-state index contributed by atoms with van der Waals surface area (Å²) in [6.07, 6.45) is 1.92. The van der Waals surface area contributed by atoms with E-state index < -0.39 is 10.0 Å². The number of thiophene rings is 1. The average Bonchev–Trinajstić information content (AvgIpc) is 2.72. The summed E-state index contributed by atoms with van der Waals surface area (Å²) in [4.78, 5) is 1.69. The molecule has 0 bridgehead atoms. The largest absolute Gasteiger partial charge is 0.391 e. The second-order valence-electron chi connectivity index (χ2n) is 4.33. The SMILES string of the molecule is CCC(CC)CNS(=O)(=O)c1cc(CO)sc1C. The van der Waals surface area contributed by atoms with Crippen molar-refractivity contribution in [3.63, 3.8) is 0 Å². The highest BCUT2D eigenvalue weighted by Gasteiger charge is 2.20. The molecule has 1 aromatic heterocycles. The van der Waals surface area contributed by atoms with Crippen molar-refractivity contribution < 1.29 is 13.5 Å². The highest BCUT2D eigenvalue weighted by atomic mass is 32.2. The van der Waals surface area contributed by atoms with Gasteiger partial charge in [-0.15, -0.1) is 11.3 Å². The van der Waals surface area contributed by atoms with Gasteiger partial charge in [-0.2, -0.15) is 0 Å². The van der Waals surface area contributed by atoms with Gasteiger partial charge in [0.05, 0.1) is 11.5 Å². The van der Waals surface area contributed by atoms with Crippen LogP contribution in [0, 0.1) is 12.8 Å². The maximum Gasteiger partial charge on any atom is 0.241 e. The standard InChI is InChI=1S/C12H21NO3S2/c1-4-10(5-2)7-13-18(15,16)12-6-11(8-14)17-9(12)3/h6,10,13-14H,4-5,7-8H2,1-3H3. The van der Waals surface area contributed by atoms with Crippen LogP contribution in [0.2, 0.25) is 0 Å². The summed E-state index contributed by atoms with van der Waals surface area (Å²) in [6.45, 7) is 6.23. The van der Waals surface area contributed by atoms with Gasteiger partial charge in [0.1, 0.15) is 0 Å². The fourth-order valence-electron chi connectivity index (χ4n) is 1.75. The summed E-state index contributed by atoms with van der Waals surface area (Å²) in [5, 5.41) is 9.03. The quantitative estimate of drug-likeness (QED) is 0.810. The molecule has 0 unspecified atom stereocenters. The van der Waals surface area contributed by atoms with Crippen molar-refractivity contribution in [2.45, 2.75) is 45.1 Å². The Kier molecular flexibility index (Phi) is 5.78. The van der Waals surface area contributed by atoms with Gasteiger partial charge in [0.2, 0.25) is 10.0 Å². The molecule has 0 aliphatic heterocycles. The first-order valence-corrected chi connectivity index (χ1v) is 8.44. The molecule has 0 radical (unpaired) electrons. The first kappa shape index (κ1) is 15.6. The third kappa shape index (κ3) is 3.78. The topological polar surface area (TPSA) is 66.4 Å². The van der Waals surface area contributed by atoms with Gasteiger partial charge in [-0.25, -0.2) is 13.1 Å². The molecule has 0 atom stereocenters. The summed E-state index contributed by atoms with van der Waals surface area (Å²) in [6, 6.07) is 1.55. The fourth-order valence-corrected chi connectivity index (χ4v) is 4.36. The summed E-state index contributed by atoms with van der Waals surface area (Å²) in [5.41, 5.74) is 0. The van der Waals surface area contributed by atoms with Gasteiger partial charge in [0.15, 0.2) is 0 Å². The van der Waals surface area contributed by atoms with E-state index in [1.165, 1.54) is 11.3 Å². The molecule has 0 aliphatic rings. The molecular weight excluding hydrogens is 270 g/mol. The van der Waals surface area contributed by atoms with Crippen LogP contribution >= 0.6 is 11.3 Å². The van der Waals surface area contributed by atoms with E-state index in [0.717, 1.165) is 17.7 Å². The molecule has 0 saturated carbocycles. The highest BCUT2D eigenvalue weighted by Crippen LogP contribution is 2.25. The number of rotatable bonds is 7. The lowest BCUT2D eigenvalue weighted by Gasteiger charge is -2.13. The van der Waals surface area contributed by atoms with Crippen molar-refractivity contribution in [3.8, 4) is 0 Å². The molecule has 1 aromatic rings. The molecule has 18 heavy (non-hydrogen) atoms. The van der Waals surface area contributed by atoms with Gasteiger partial charge in [0, 0.05) is 16.3 Å². The monoisotopic (exact) mass is 291 g/mol. The summed E-state index contributed by atoms with van der Waals surface area (Å²) in [7, 11) is -3.45. The zero-order chi connectivity index (χ0) is 13.8. The first-order chi connectivity index (χ1) is 8.44. The molecule has 0 fully saturated rings. The molecule has 2 N–H and O–H groups in total. The Labute approximate surface area is 113 Å². The Morgan fingerprint density at radius 3 is 2.44 bits per heavy atom. The highest BCUT2D eigenvalue weighted by molar-refractivity contribution is 7.89. The molecule has 104 valence electrons. The smallest absolute Gasteiger partial charge is 0.241 e. The van der Waals surface area contributed by atoms with Crippen LogP contribution < -0.4 is 4.72 Å². The van der Waals surface area contributed by atoms with E-state index in [0.29, 0.717) is 22.2 Å². The molecule has 6 heteroatoms. The maximum absolute atomic E-state index is 12.1. The van der Waals surface area contributed by atoms with Crippen LogP contribution in [0.15, 0.2) is 11.0 Å². The van der Waals surface area contributed by atoms with Gasteiger partial charge in [-0.3, -0.25) is 0 Å². The summed E-state index contributed by atoms with van der Waals surface area (Å²) >= 11 is 1.32. The molecular formula is C12H21NO3S2. The summed E-state index contributed by atoms with van der Waals surface area (Å²) < 4.78 is 26.9. The van der Waals surface area contributed by atoms with E-state index in [2.05, 4.69) is 18.6 Å². The van der Waals surface area contributed by atoms with Crippen LogP contribution in [0.3, 0.4) is 0 Å². The maximum atomic E-state index is 12.1. The molecule has 0 aliphatic carbocycles. The molecule has 0 aromatic carbocycles. The van der Waals surface area contributed by atoms with Crippen LogP contribution in [-0.2, 0) is 16.6 Å². The second-order valence-corrected chi connectivity index (χ2v) is 7.40. The number of aliphatic hydroxyl groups is 1. The van der Waals surface area contributed by atoms with Crippen LogP contribution in [0.5, 0.6) is 0 Å². The molecule has 4 nitrogen and oxygen atoms in total. The third-order valence-electron chi connectivity index (χ3n) is 3.09. The zero-order valence-corrected chi connectivity index (χ0v) is 12.7. The Balaban J connectivity index is 2.82. The minimum Gasteiger partial charge on any atom is -0.391 e. The number of nitrogens with one attached hydrogen (secondary N) is 1. The van der Waals surface area contributed by atoms with Gasteiger partial charge in [-0.05, 0) is 18.9 Å². The normalized spacial score (nSPS) is 12.3. The average molecular weight is 291 g/mol. The van der Waals surface area contributed by atoms with E-state index in [-0.39, 0.29) is 6.61 Å². The molecule has 1 heterocycles. The van der Waals surface area contributed by atoms with E-state index in [1.807, 2.05) is 0 Å². The minimum absolute atomic E-state index is 0.117. The van der Waals surface area contributed by atoms with Crippen molar-refractivity contribution >= 4 is 21.4 Å². The zero-order valence-electron chi connectivity index (χ0n) is 11.1. The van der Waals surface area contributed by atoms with E-state index in [9.17, 15) is 8.42 Å². The van der Waals surface area contributed by atoms with E-state index in [1.54, 1.807) is 13.0 Å². The van der Waals surface area contributed by atoms with Crippen LogP contribution in [0.1, 0.15) is 36.4 Å². The van der Waals surface area contributed by atoms with Crippen molar-refractivity contribution in [1.29, 1.82) is 0 Å². The molecule has 0 saturated heterocycles. The lowest BCUT2D eigenvalue weighted by molar-refractivity contribution is 0.285. The lowest BCUT2D eigenvalue weighted by Crippen LogP contribution is -2.29. The Bertz CT molecular complexity index is 476. The van der Waals surface area contributed by atoms with E-state index in [4.69, 9.17) is 5.11 Å². The molecule has 1 rings (SSSR count). The number of hydrogen-bond donors (Lipinski definition) is 2. The van der Waals surface area contributed by atoms with Crippen molar-refractivity contribution in [1.82, 2.24) is 4.72 Å². The number of sulfonamides is 1.